The largest absolute Gasteiger partial charge is 0.497 e. The number of piperazine rings is 1. The van der Waals surface area contributed by atoms with E-state index in [0.717, 1.165) is 29.2 Å². The highest BCUT2D eigenvalue weighted by Crippen LogP contribution is 2.29. The zero-order valence-corrected chi connectivity index (χ0v) is 19.5. The topological polar surface area (TPSA) is 62.7 Å². The molecule has 1 saturated heterocycles. The number of hydrogen-bond acceptors (Lipinski definition) is 6. The molecule has 0 spiro atoms. The molecule has 0 atom stereocenters. The number of benzene rings is 2. The summed E-state index contributed by atoms with van der Waals surface area (Å²) in [6.07, 6.45) is 2.23. The van der Waals surface area contributed by atoms with Gasteiger partial charge in [0, 0.05) is 37.1 Å². The Morgan fingerprint density at radius 3 is 2.29 bits per heavy atom. The summed E-state index contributed by atoms with van der Waals surface area (Å²) < 4.78 is 32.6. The van der Waals surface area contributed by atoms with E-state index in [1.54, 1.807) is 47.0 Å². The fourth-order valence-electron chi connectivity index (χ4n) is 3.69. The molecule has 0 saturated carbocycles. The predicted molar refractivity (Wildman–Crippen MR) is 126 cm³/mol. The van der Waals surface area contributed by atoms with E-state index >= 15 is 0 Å². The van der Waals surface area contributed by atoms with Gasteiger partial charge in [0.15, 0.2) is 5.13 Å². The Balaban J connectivity index is 1.40. The van der Waals surface area contributed by atoms with Gasteiger partial charge in [-0.2, -0.15) is 4.31 Å². The third-order valence-electron chi connectivity index (χ3n) is 5.49. The first-order valence-corrected chi connectivity index (χ1v) is 12.8. The van der Waals surface area contributed by atoms with Gasteiger partial charge in [0.05, 0.1) is 17.7 Å². The number of hydrogen-bond donors (Lipinski definition) is 0. The second-order valence-electron chi connectivity index (χ2n) is 7.53. The first kappa shape index (κ1) is 21.8. The smallest absolute Gasteiger partial charge is 0.243 e. The average Bonchev–Trinajstić information content (AvgIpc) is 3.30. The molecule has 1 fully saturated rings. The Bertz CT molecular complexity index is 1100. The Morgan fingerprint density at radius 1 is 1.00 bits per heavy atom. The van der Waals surface area contributed by atoms with Crippen LogP contribution in [0.3, 0.4) is 0 Å². The van der Waals surface area contributed by atoms with Crippen molar-refractivity contribution in [2.45, 2.75) is 24.7 Å². The monoisotopic (exact) mass is 457 g/mol. The first-order valence-electron chi connectivity index (χ1n) is 10.5. The van der Waals surface area contributed by atoms with Gasteiger partial charge in [-0.05, 0) is 36.2 Å². The highest BCUT2D eigenvalue weighted by molar-refractivity contribution is 7.89. The Hall–Kier alpha value is -2.42. The summed E-state index contributed by atoms with van der Waals surface area (Å²) >= 11 is 1.61. The Labute approximate surface area is 188 Å². The molecule has 1 aliphatic rings. The molecule has 2 heterocycles. The number of rotatable bonds is 7. The third kappa shape index (κ3) is 4.76. The van der Waals surface area contributed by atoms with Gasteiger partial charge in [-0.3, -0.25) is 0 Å². The van der Waals surface area contributed by atoms with Crippen LogP contribution in [-0.4, -0.2) is 51.0 Å². The fourth-order valence-corrected chi connectivity index (χ4v) is 6.00. The normalized spacial score (nSPS) is 15.2. The molecule has 0 N–H and O–H groups in total. The van der Waals surface area contributed by atoms with Crippen LogP contribution in [0.2, 0.25) is 0 Å². The van der Waals surface area contributed by atoms with E-state index in [1.807, 2.05) is 0 Å². The highest BCUT2D eigenvalue weighted by atomic mass is 32.2. The number of anilines is 1. The van der Waals surface area contributed by atoms with Crippen molar-refractivity contribution in [3.8, 4) is 17.0 Å². The van der Waals surface area contributed by atoms with Crippen LogP contribution in [0, 0.1) is 0 Å². The van der Waals surface area contributed by atoms with Crippen molar-refractivity contribution in [3.63, 3.8) is 0 Å². The molecule has 1 aromatic heterocycles. The zero-order chi connectivity index (χ0) is 21.8. The lowest BCUT2D eigenvalue weighted by Crippen LogP contribution is -2.48. The minimum absolute atomic E-state index is 0.296. The number of aromatic nitrogens is 1. The van der Waals surface area contributed by atoms with Crippen LogP contribution in [0.5, 0.6) is 5.75 Å². The maximum absolute atomic E-state index is 12.9. The summed E-state index contributed by atoms with van der Waals surface area (Å²) in [5, 5.41) is 3.01. The van der Waals surface area contributed by atoms with Crippen LogP contribution < -0.4 is 9.64 Å². The standard InChI is InChI=1S/C23H27N3O3S2/c1-3-4-18-5-7-19(8-6-18)22-17-30-23(24-22)25-13-15-26(16-14-25)31(27,28)21-11-9-20(29-2)10-12-21/h5-12,17H,3-4,13-16H2,1-2H3. The fraction of sp³-hybridized carbons (Fsp3) is 0.348. The van der Waals surface area contributed by atoms with Gasteiger partial charge >= 0.3 is 0 Å². The minimum atomic E-state index is -3.51. The molecule has 0 aliphatic carbocycles. The number of ether oxygens (including phenoxy) is 1. The maximum atomic E-state index is 12.9. The first-order chi connectivity index (χ1) is 15.0. The number of thiazole rings is 1. The molecule has 1 aliphatic heterocycles. The molecule has 8 heteroatoms. The van der Waals surface area contributed by atoms with Crippen molar-refractivity contribution in [1.82, 2.24) is 9.29 Å². The number of sulfonamides is 1. The van der Waals surface area contributed by atoms with E-state index in [0.29, 0.717) is 36.8 Å². The Morgan fingerprint density at radius 2 is 1.68 bits per heavy atom. The average molecular weight is 458 g/mol. The lowest BCUT2D eigenvalue weighted by molar-refractivity contribution is 0.384. The molecule has 164 valence electrons. The number of nitrogens with zero attached hydrogens (tertiary/aromatic N) is 3. The quantitative estimate of drug-likeness (QED) is 0.530. The second-order valence-corrected chi connectivity index (χ2v) is 10.3. The van der Waals surface area contributed by atoms with Gasteiger partial charge in [0.1, 0.15) is 5.75 Å². The molecule has 6 nitrogen and oxygen atoms in total. The number of aryl methyl sites for hydroxylation is 1. The summed E-state index contributed by atoms with van der Waals surface area (Å²) in [5.74, 6) is 0.642. The molecule has 0 radical (unpaired) electrons. The molecule has 31 heavy (non-hydrogen) atoms. The van der Waals surface area contributed by atoms with E-state index in [4.69, 9.17) is 9.72 Å². The molecule has 0 bridgehead atoms. The van der Waals surface area contributed by atoms with E-state index in [2.05, 4.69) is 41.5 Å². The van der Waals surface area contributed by atoms with Crippen LogP contribution in [0.15, 0.2) is 58.8 Å². The van der Waals surface area contributed by atoms with Gasteiger partial charge in [0.2, 0.25) is 10.0 Å². The highest BCUT2D eigenvalue weighted by Gasteiger charge is 2.29. The van der Waals surface area contributed by atoms with E-state index in [9.17, 15) is 8.42 Å². The van der Waals surface area contributed by atoms with E-state index in [1.165, 1.54) is 5.56 Å². The molecule has 0 unspecified atom stereocenters. The molecular weight excluding hydrogens is 430 g/mol. The van der Waals surface area contributed by atoms with Crippen molar-refractivity contribution in [2.24, 2.45) is 0 Å². The summed E-state index contributed by atoms with van der Waals surface area (Å²) in [7, 11) is -1.94. The van der Waals surface area contributed by atoms with Crippen molar-refractivity contribution in [1.29, 1.82) is 0 Å². The van der Waals surface area contributed by atoms with Gasteiger partial charge in [0.25, 0.3) is 0 Å². The van der Waals surface area contributed by atoms with Crippen LogP contribution in [-0.2, 0) is 16.4 Å². The third-order valence-corrected chi connectivity index (χ3v) is 8.30. The Kier molecular flexibility index (Phi) is 6.60. The SMILES string of the molecule is CCCc1ccc(-c2csc(N3CCN(S(=O)(=O)c4ccc(OC)cc4)CC3)n2)cc1. The molecule has 0 amide bonds. The van der Waals surface area contributed by atoms with Gasteiger partial charge in [-0.1, -0.05) is 37.6 Å². The molecule has 2 aromatic carbocycles. The van der Waals surface area contributed by atoms with Gasteiger partial charge in [-0.25, -0.2) is 13.4 Å². The van der Waals surface area contributed by atoms with Crippen LogP contribution in [0.4, 0.5) is 5.13 Å². The lowest BCUT2D eigenvalue weighted by atomic mass is 10.1. The second kappa shape index (κ2) is 9.38. The summed E-state index contributed by atoms with van der Waals surface area (Å²) in [4.78, 5) is 7.27. The molecule has 4 rings (SSSR count). The summed E-state index contributed by atoms with van der Waals surface area (Å²) in [6.45, 7) is 4.31. The molecular formula is C23H27N3O3S2. The number of methoxy groups -OCH3 is 1. The van der Waals surface area contributed by atoms with Crippen molar-refractivity contribution in [3.05, 3.63) is 59.5 Å². The van der Waals surface area contributed by atoms with Crippen molar-refractivity contribution < 1.29 is 13.2 Å². The van der Waals surface area contributed by atoms with E-state index < -0.39 is 10.0 Å². The van der Waals surface area contributed by atoms with Crippen LogP contribution >= 0.6 is 11.3 Å². The van der Waals surface area contributed by atoms with Crippen molar-refractivity contribution >= 4 is 26.5 Å². The lowest BCUT2D eigenvalue weighted by Gasteiger charge is -2.33. The zero-order valence-electron chi connectivity index (χ0n) is 17.8. The van der Waals surface area contributed by atoms with E-state index in [-0.39, 0.29) is 0 Å². The minimum Gasteiger partial charge on any atom is -0.497 e. The van der Waals surface area contributed by atoms with Crippen molar-refractivity contribution in [2.75, 3.05) is 38.2 Å². The maximum Gasteiger partial charge on any atom is 0.243 e. The van der Waals surface area contributed by atoms with Gasteiger partial charge in [-0.15, -0.1) is 11.3 Å². The van der Waals surface area contributed by atoms with Crippen LogP contribution in [0.25, 0.3) is 11.3 Å². The molecule has 3 aromatic rings. The summed E-state index contributed by atoms with van der Waals surface area (Å²) in [5.41, 5.74) is 3.43. The summed E-state index contributed by atoms with van der Waals surface area (Å²) in [6, 6.07) is 15.1. The van der Waals surface area contributed by atoms with Crippen LogP contribution in [0.1, 0.15) is 18.9 Å². The predicted octanol–water partition coefficient (Wildman–Crippen LogP) is 4.28. The van der Waals surface area contributed by atoms with Gasteiger partial charge < -0.3 is 9.64 Å².